The van der Waals surface area contributed by atoms with E-state index in [1.165, 1.54) is 0 Å². The molecule has 6 rings (SSSR count). The first-order chi connectivity index (χ1) is 19.7. The maximum Gasteiger partial charge on any atom is 0.264 e. The normalized spacial score (nSPS) is 25.5. The molecule has 2 amide bonds. The van der Waals surface area contributed by atoms with Crippen molar-refractivity contribution in [2.24, 2.45) is 11.8 Å². The fraction of sp³-hybridized carbons (Fsp3) is 0.412. The molecular weight excluding hydrogens is 516 g/mol. The first kappa shape index (κ1) is 27.5. The number of hydrogen-bond donors (Lipinski definition) is 1. The number of carbonyl (C=O) groups excluding carboxylic acids is 2. The second kappa shape index (κ2) is 10.3. The van der Waals surface area contributed by atoms with E-state index in [0.29, 0.717) is 25.9 Å². The van der Waals surface area contributed by atoms with Crippen molar-refractivity contribution in [3.8, 4) is 5.75 Å². The third-order valence-corrected chi connectivity index (χ3v) is 9.58. The number of methoxy groups -OCH3 is 1. The lowest BCUT2D eigenvalue weighted by molar-refractivity contribution is -0.146. The molecule has 0 bridgehead atoms. The van der Waals surface area contributed by atoms with Crippen LogP contribution in [0.3, 0.4) is 0 Å². The largest absolute Gasteiger partial charge is 0.497 e. The third-order valence-electron chi connectivity index (χ3n) is 9.58. The molecule has 3 heterocycles. The Morgan fingerprint density at radius 2 is 1.78 bits per heavy atom. The Bertz CT molecular complexity index is 1450. The Morgan fingerprint density at radius 1 is 1.05 bits per heavy atom. The van der Waals surface area contributed by atoms with Crippen LogP contribution in [0.1, 0.15) is 50.3 Å². The van der Waals surface area contributed by atoms with Gasteiger partial charge >= 0.3 is 0 Å². The van der Waals surface area contributed by atoms with E-state index < -0.39 is 5.60 Å². The van der Waals surface area contributed by atoms with E-state index in [1.807, 2.05) is 65.6 Å². The smallest absolute Gasteiger partial charge is 0.264 e. The minimum Gasteiger partial charge on any atom is -0.497 e. The van der Waals surface area contributed by atoms with Crippen LogP contribution in [0, 0.1) is 11.8 Å². The number of fused-ring (bicyclic) bond motifs is 2. The van der Waals surface area contributed by atoms with Gasteiger partial charge in [0.1, 0.15) is 5.75 Å². The van der Waals surface area contributed by atoms with Crippen LogP contribution in [0.15, 0.2) is 72.8 Å². The van der Waals surface area contributed by atoms with Crippen molar-refractivity contribution in [2.75, 3.05) is 30.1 Å². The molecule has 3 aromatic rings. The quantitative estimate of drug-likeness (QED) is 0.388. The number of hydrogen-bond acceptors (Lipinski definition) is 5. The second-order valence-corrected chi connectivity index (χ2v) is 12.0. The standard InChI is InChI=1S/C34H38N2O5/c1-22-31(33(2,3)24-10-13-26(40-4)14-11-24)29(17-19-37)41-34(22)27-20-25(35-18-16-30(35)38)12-15-28(27)36(32(34)39)21-23-8-6-5-7-9-23/h5-15,20,22,29,31,37H,16-19,21H2,1-4H3/t22-,29+,31-,34+/m1/s1. The average molecular weight is 555 g/mol. The van der Waals surface area contributed by atoms with E-state index in [9.17, 15) is 14.7 Å². The molecule has 4 atom stereocenters. The van der Waals surface area contributed by atoms with E-state index in [1.54, 1.807) is 12.0 Å². The summed E-state index contributed by atoms with van der Waals surface area (Å²) in [6.07, 6.45) is 0.599. The van der Waals surface area contributed by atoms with Gasteiger partial charge in [-0.05, 0) is 53.3 Å². The zero-order valence-electron chi connectivity index (χ0n) is 24.2. The number of anilines is 2. The van der Waals surface area contributed by atoms with Crippen molar-refractivity contribution in [3.05, 3.63) is 89.5 Å². The SMILES string of the molecule is COc1ccc(C(C)(C)[C@H]2[C@H](CCO)O[C@@]3(C(=O)N(Cc4ccccc4)c4ccc(N5CCC5=O)cc43)[C@@H]2C)cc1. The van der Waals surface area contributed by atoms with E-state index in [-0.39, 0.29) is 41.8 Å². The average Bonchev–Trinajstić information content (AvgIpc) is 3.39. The molecule has 1 spiro atoms. The minimum absolute atomic E-state index is 0.0419. The van der Waals surface area contributed by atoms with Crippen LogP contribution in [-0.2, 0) is 31.9 Å². The van der Waals surface area contributed by atoms with Gasteiger partial charge in [0.05, 0.1) is 25.4 Å². The van der Waals surface area contributed by atoms with E-state index in [0.717, 1.165) is 33.8 Å². The lowest BCUT2D eigenvalue weighted by Crippen LogP contribution is -2.46. The molecule has 3 aliphatic rings. The number of amides is 2. The van der Waals surface area contributed by atoms with Gasteiger partial charge < -0.3 is 24.4 Å². The van der Waals surface area contributed by atoms with Gasteiger partial charge in [0, 0.05) is 42.7 Å². The highest BCUT2D eigenvalue weighted by Crippen LogP contribution is 2.60. The molecule has 0 unspecified atom stereocenters. The third kappa shape index (κ3) is 4.25. The second-order valence-electron chi connectivity index (χ2n) is 12.0. The molecule has 7 heteroatoms. The summed E-state index contributed by atoms with van der Waals surface area (Å²) in [5.74, 6) is 0.484. The zero-order chi connectivity index (χ0) is 28.9. The number of ether oxygens (including phenoxy) is 2. The van der Waals surface area contributed by atoms with Gasteiger partial charge in [-0.3, -0.25) is 9.59 Å². The van der Waals surface area contributed by atoms with Gasteiger partial charge in [0.15, 0.2) is 5.60 Å². The predicted molar refractivity (Wildman–Crippen MR) is 158 cm³/mol. The van der Waals surface area contributed by atoms with Gasteiger partial charge in [0.25, 0.3) is 5.91 Å². The molecule has 214 valence electrons. The van der Waals surface area contributed by atoms with Gasteiger partial charge in [-0.15, -0.1) is 0 Å². The molecule has 2 saturated heterocycles. The van der Waals surface area contributed by atoms with Crippen molar-refractivity contribution in [1.29, 1.82) is 0 Å². The minimum atomic E-state index is -1.23. The van der Waals surface area contributed by atoms with Crippen LogP contribution in [0.4, 0.5) is 11.4 Å². The fourth-order valence-electron chi connectivity index (χ4n) is 7.38. The van der Waals surface area contributed by atoms with Crippen LogP contribution in [0.5, 0.6) is 5.75 Å². The van der Waals surface area contributed by atoms with Crippen molar-refractivity contribution in [2.45, 2.75) is 57.3 Å². The summed E-state index contributed by atoms with van der Waals surface area (Å²) in [6.45, 7) is 7.55. The van der Waals surface area contributed by atoms with E-state index in [4.69, 9.17) is 9.47 Å². The maximum atomic E-state index is 14.7. The Labute approximate surface area is 241 Å². The van der Waals surface area contributed by atoms with Crippen LogP contribution in [-0.4, -0.2) is 43.3 Å². The molecule has 0 aromatic heterocycles. The van der Waals surface area contributed by atoms with Crippen molar-refractivity contribution in [3.63, 3.8) is 0 Å². The highest BCUT2D eigenvalue weighted by atomic mass is 16.5. The van der Waals surface area contributed by atoms with E-state index >= 15 is 0 Å². The van der Waals surface area contributed by atoms with Crippen molar-refractivity contribution < 1.29 is 24.2 Å². The van der Waals surface area contributed by atoms with Gasteiger partial charge in [0.2, 0.25) is 5.91 Å². The number of rotatable bonds is 8. The number of nitrogens with zero attached hydrogens (tertiary/aromatic N) is 2. The Balaban J connectivity index is 1.47. The highest BCUT2D eigenvalue weighted by molar-refractivity contribution is 6.08. The van der Waals surface area contributed by atoms with Crippen molar-refractivity contribution in [1.82, 2.24) is 0 Å². The number of aliphatic hydroxyl groups is 1. The Hall–Kier alpha value is -3.68. The van der Waals surface area contributed by atoms with Gasteiger partial charge in [-0.1, -0.05) is 63.2 Å². The molecule has 0 aliphatic carbocycles. The first-order valence-electron chi connectivity index (χ1n) is 14.5. The number of aliphatic hydroxyl groups excluding tert-OH is 1. The zero-order valence-corrected chi connectivity index (χ0v) is 24.2. The van der Waals surface area contributed by atoms with Crippen LogP contribution >= 0.6 is 0 Å². The molecule has 41 heavy (non-hydrogen) atoms. The molecule has 0 saturated carbocycles. The number of β-lactam (4-membered cyclic amide) rings is 1. The topological polar surface area (TPSA) is 79.3 Å². The molecule has 1 N–H and O–H groups in total. The summed E-state index contributed by atoms with van der Waals surface area (Å²) >= 11 is 0. The summed E-state index contributed by atoms with van der Waals surface area (Å²) < 4.78 is 12.4. The van der Waals surface area contributed by atoms with Gasteiger partial charge in [-0.2, -0.15) is 0 Å². The molecule has 3 aliphatic heterocycles. The lowest BCUT2D eigenvalue weighted by Gasteiger charge is -2.38. The monoisotopic (exact) mass is 554 g/mol. The summed E-state index contributed by atoms with van der Waals surface area (Å²) in [7, 11) is 1.65. The maximum absolute atomic E-state index is 14.7. The molecule has 0 radical (unpaired) electrons. The molecular formula is C34H38N2O5. The van der Waals surface area contributed by atoms with Crippen molar-refractivity contribution >= 4 is 23.2 Å². The van der Waals surface area contributed by atoms with Gasteiger partial charge in [-0.25, -0.2) is 0 Å². The number of carbonyl (C=O) groups is 2. The summed E-state index contributed by atoms with van der Waals surface area (Å²) in [6, 6.07) is 23.9. The van der Waals surface area contributed by atoms with Crippen LogP contribution in [0.25, 0.3) is 0 Å². The Morgan fingerprint density at radius 3 is 2.39 bits per heavy atom. The molecule has 3 aromatic carbocycles. The van der Waals surface area contributed by atoms with Crippen LogP contribution in [0.2, 0.25) is 0 Å². The molecule has 7 nitrogen and oxygen atoms in total. The lowest BCUT2D eigenvalue weighted by atomic mass is 9.63. The fourth-order valence-corrected chi connectivity index (χ4v) is 7.38. The van der Waals surface area contributed by atoms with E-state index in [2.05, 4.69) is 32.9 Å². The number of benzene rings is 3. The molecule has 2 fully saturated rings. The summed E-state index contributed by atoms with van der Waals surface area (Å²) in [4.78, 5) is 30.7. The summed E-state index contributed by atoms with van der Waals surface area (Å²) in [5, 5.41) is 10.1. The van der Waals surface area contributed by atoms with Crippen LogP contribution < -0.4 is 14.5 Å². The highest BCUT2D eigenvalue weighted by Gasteiger charge is 2.66. The predicted octanol–water partition coefficient (Wildman–Crippen LogP) is 5.19. The summed E-state index contributed by atoms with van der Waals surface area (Å²) in [5.41, 5.74) is 2.94. The first-order valence-corrected chi connectivity index (χ1v) is 14.5. The Kier molecular flexibility index (Phi) is 6.91.